The lowest BCUT2D eigenvalue weighted by Gasteiger charge is -2.18. The summed E-state index contributed by atoms with van der Waals surface area (Å²) in [6, 6.07) is 7.77. The first-order valence-corrected chi connectivity index (χ1v) is 6.96. The van der Waals surface area contributed by atoms with Gasteiger partial charge in [0.05, 0.1) is 5.37 Å². The van der Waals surface area contributed by atoms with Crippen molar-refractivity contribution in [3.8, 4) is 0 Å². The number of hydrogen-bond donors (Lipinski definition) is 2. The molecule has 5 heteroatoms. The third-order valence-corrected chi connectivity index (χ3v) is 4.15. The molecule has 0 amide bonds. The standard InChI is InChI=1S/C13H18N2O2S/c1-15(2)7-9-5-3-4-6-10(9)12-14-11(8-18-12)13(16)17/h3-6,11-12,14H,7-8H2,1-2H3,(H,16,17). The van der Waals surface area contributed by atoms with Crippen LogP contribution < -0.4 is 5.32 Å². The predicted octanol–water partition coefficient (Wildman–Crippen LogP) is 1.54. The number of carboxylic acids is 1. The first kappa shape index (κ1) is 13.4. The van der Waals surface area contributed by atoms with E-state index in [1.165, 1.54) is 11.1 Å². The second-order valence-electron chi connectivity index (χ2n) is 4.71. The Kier molecular flexibility index (Phi) is 4.27. The minimum absolute atomic E-state index is 0.0854. The molecule has 98 valence electrons. The number of nitrogens with zero attached hydrogens (tertiary/aromatic N) is 1. The molecule has 18 heavy (non-hydrogen) atoms. The van der Waals surface area contributed by atoms with Crippen molar-refractivity contribution >= 4 is 17.7 Å². The van der Waals surface area contributed by atoms with Gasteiger partial charge in [0, 0.05) is 12.3 Å². The van der Waals surface area contributed by atoms with Gasteiger partial charge in [-0.25, -0.2) is 0 Å². The molecule has 1 fully saturated rings. The van der Waals surface area contributed by atoms with E-state index in [9.17, 15) is 4.79 Å². The van der Waals surface area contributed by atoms with Crippen LogP contribution in [0.5, 0.6) is 0 Å². The van der Waals surface area contributed by atoms with Gasteiger partial charge in [-0.3, -0.25) is 10.1 Å². The number of carbonyl (C=O) groups is 1. The third kappa shape index (κ3) is 3.04. The first-order chi connectivity index (χ1) is 8.58. The van der Waals surface area contributed by atoms with Crippen LogP contribution in [0, 0.1) is 0 Å². The van der Waals surface area contributed by atoms with Gasteiger partial charge in [0.25, 0.3) is 0 Å². The molecule has 1 heterocycles. The van der Waals surface area contributed by atoms with Crippen molar-refractivity contribution in [2.45, 2.75) is 18.0 Å². The molecule has 2 atom stereocenters. The van der Waals surface area contributed by atoms with Crippen molar-refractivity contribution in [3.63, 3.8) is 0 Å². The average molecular weight is 266 g/mol. The van der Waals surface area contributed by atoms with E-state index in [0.717, 1.165) is 6.54 Å². The van der Waals surface area contributed by atoms with Crippen LogP contribution in [0.2, 0.25) is 0 Å². The lowest BCUT2D eigenvalue weighted by Crippen LogP contribution is -2.34. The van der Waals surface area contributed by atoms with Gasteiger partial charge in [0.15, 0.2) is 0 Å². The Labute approximate surface area is 111 Å². The van der Waals surface area contributed by atoms with Crippen LogP contribution in [-0.4, -0.2) is 41.9 Å². The predicted molar refractivity (Wildman–Crippen MR) is 73.6 cm³/mol. The number of benzene rings is 1. The second kappa shape index (κ2) is 5.73. The lowest BCUT2D eigenvalue weighted by atomic mass is 10.1. The summed E-state index contributed by atoms with van der Waals surface area (Å²) in [7, 11) is 4.07. The van der Waals surface area contributed by atoms with Crippen molar-refractivity contribution in [2.75, 3.05) is 19.8 Å². The molecule has 2 rings (SSSR count). The van der Waals surface area contributed by atoms with Crippen LogP contribution in [0.1, 0.15) is 16.5 Å². The van der Waals surface area contributed by atoms with E-state index < -0.39 is 12.0 Å². The van der Waals surface area contributed by atoms with E-state index >= 15 is 0 Å². The molecule has 0 spiro atoms. The van der Waals surface area contributed by atoms with Gasteiger partial charge < -0.3 is 10.0 Å². The minimum Gasteiger partial charge on any atom is -0.480 e. The maximum Gasteiger partial charge on any atom is 0.321 e. The van der Waals surface area contributed by atoms with E-state index in [-0.39, 0.29) is 5.37 Å². The highest BCUT2D eigenvalue weighted by Gasteiger charge is 2.31. The molecule has 1 aliphatic rings. The number of hydrogen-bond acceptors (Lipinski definition) is 4. The molecule has 2 N–H and O–H groups in total. The van der Waals surface area contributed by atoms with Crippen molar-refractivity contribution in [2.24, 2.45) is 0 Å². The Morgan fingerprint density at radius 3 is 2.83 bits per heavy atom. The largest absolute Gasteiger partial charge is 0.480 e. The number of aliphatic carboxylic acids is 1. The summed E-state index contributed by atoms with van der Waals surface area (Å²) in [6.45, 7) is 0.868. The fourth-order valence-electron chi connectivity index (χ4n) is 2.07. The van der Waals surface area contributed by atoms with Gasteiger partial charge >= 0.3 is 5.97 Å². The van der Waals surface area contributed by atoms with E-state index in [2.05, 4.69) is 22.3 Å². The summed E-state index contributed by atoms with van der Waals surface area (Å²) in [5.41, 5.74) is 2.44. The molecule has 2 unspecified atom stereocenters. The summed E-state index contributed by atoms with van der Waals surface area (Å²) in [4.78, 5) is 13.1. The topological polar surface area (TPSA) is 52.6 Å². The zero-order chi connectivity index (χ0) is 13.1. The van der Waals surface area contributed by atoms with Gasteiger partial charge in [-0.15, -0.1) is 11.8 Å². The minimum atomic E-state index is -0.768. The molecule has 0 radical (unpaired) electrons. The van der Waals surface area contributed by atoms with Crippen LogP contribution >= 0.6 is 11.8 Å². The van der Waals surface area contributed by atoms with E-state index in [4.69, 9.17) is 5.11 Å². The highest BCUT2D eigenvalue weighted by Crippen LogP contribution is 2.34. The third-order valence-electron chi connectivity index (χ3n) is 2.90. The highest BCUT2D eigenvalue weighted by atomic mass is 32.2. The van der Waals surface area contributed by atoms with E-state index in [0.29, 0.717) is 5.75 Å². The summed E-state index contributed by atoms with van der Waals surface area (Å²) in [5.74, 6) is -0.147. The number of nitrogens with one attached hydrogen (secondary N) is 1. The Bertz CT molecular complexity index is 437. The van der Waals surface area contributed by atoms with Crippen LogP contribution in [0.3, 0.4) is 0 Å². The smallest absolute Gasteiger partial charge is 0.321 e. The van der Waals surface area contributed by atoms with E-state index in [1.807, 2.05) is 26.2 Å². The van der Waals surface area contributed by atoms with Gasteiger partial charge in [-0.05, 0) is 25.2 Å². The van der Waals surface area contributed by atoms with Gasteiger partial charge in [0.2, 0.25) is 0 Å². The number of carboxylic acid groups (broad SMARTS) is 1. The molecule has 0 aromatic heterocycles. The molecule has 1 aromatic carbocycles. The second-order valence-corrected chi connectivity index (χ2v) is 5.85. The van der Waals surface area contributed by atoms with Crippen LogP contribution in [0.15, 0.2) is 24.3 Å². The van der Waals surface area contributed by atoms with Crippen molar-refractivity contribution in [1.29, 1.82) is 0 Å². The zero-order valence-electron chi connectivity index (χ0n) is 10.6. The molecular formula is C13H18N2O2S. The monoisotopic (exact) mass is 266 g/mol. The summed E-state index contributed by atoms with van der Waals surface area (Å²) in [6.07, 6.45) is 0. The maximum absolute atomic E-state index is 11.0. The van der Waals surface area contributed by atoms with Crippen LogP contribution in [-0.2, 0) is 11.3 Å². The molecule has 1 aromatic rings. The molecule has 4 nitrogen and oxygen atoms in total. The van der Waals surface area contributed by atoms with Crippen LogP contribution in [0.4, 0.5) is 0 Å². The normalized spacial score (nSPS) is 23.5. The molecule has 1 saturated heterocycles. The van der Waals surface area contributed by atoms with Crippen molar-refractivity contribution < 1.29 is 9.90 Å². The quantitative estimate of drug-likeness (QED) is 0.865. The molecule has 0 aliphatic carbocycles. The molecule has 0 saturated carbocycles. The highest BCUT2D eigenvalue weighted by molar-refractivity contribution is 7.99. The Morgan fingerprint density at radius 1 is 1.50 bits per heavy atom. The Balaban J connectivity index is 2.16. The molecule has 1 aliphatic heterocycles. The molecular weight excluding hydrogens is 248 g/mol. The van der Waals surface area contributed by atoms with Crippen molar-refractivity contribution in [3.05, 3.63) is 35.4 Å². The summed E-state index contributed by atoms with van der Waals surface area (Å²) < 4.78 is 0. The fourth-order valence-corrected chi connectivity index (χ4v) is 3.36. The fraction of sp³-hybridized carbons (Fsp3) is 0.462. The first-order valence-electron chi connectivity index (χ1n) is 5.91. The van der Waals surface area contributed by atoms with Gasteiger partial charge in [-0.2, -0.15) is 0 Å². The Hall–Kier alpha value is -1.04. The summed E-state index contributed by atoms with van der Waals surface area (Å²) >= 11 is 1.66. The SMILES string of the molecule is CN(C)Cc1ccccc1C1NC(C(=O)O)CS1. The summed E-state index contributed by atoms with van der Waals surface area (Å²) in [5, 5.41) is 12.3. The van der Waals surface area contributed by atoms with Crippen LogP contribution in [0.25, 0.3) is 0 Å². The van der Waals surface area contributed by atoms with E-state index in [1.54, 1.807) is 11.8 Å². The molecule has 0 bridgehead atoms. The Morgan fingerprint density at radius 2 is 2.22 bits per heavy atom. The number of thioether (sulfide) groups is 1. The van der Waals surface area contributed by atoms with Crippen molar-refractivity contribution in [1.82, 2.24) is 10.2 Å². The zero-order valence-corrected chi connectivity index (χ0v) is 11.4. The van der Waals surface area contributed by atoms with Gasteiger partial charge in [0.1, 0.15) is 6.04 Å². The average Bonchev–Trinajstić information content (AvgIpc) is 2.78. The maximum atomic E-state index is 11.0. The number of rotatable bonds is 4. The lowest BCUT2D eigenvalue weighted by molar-refractivity contribution is -0.138. The van der Waals surface area contributed by atoms with Gasteiger partial charge in [-0.1, -0.05) is 24.3 Å².